The van der Waals surface area contributed by atoms with E-state index in [1.165, 1.54) is 0 Å². The second-order valence-corrected chi connectivity index (χ2v) is 3.73. The van der Waals surface area contributed by atoms with Gasteiger partial charge >= 0.3 is 0 Å². The maximum Gasteiger partial charge on any atom is 0.258 e. The summed E-state index contributed by atoms with van der Waals surface area (Å²) in [6.07, 6.45) is 1.62. The Morgan fingerprint density at radius 3 is 2.61 bits per heavy atom. The minimum atomic E-state index is 0.387. The SMILES string of the molecule is Nc1ncccc1-c1noc(-c2ccccc2)n1. The van der Waals surface area contributed by atoms with Crippen molar-refractivity contribution in [2.24, 2.45) is 0 Å². The summed E-state index contributed by atoms with van der Waals surface area (Å²) in [6.45, 7) is 0. The van der Waals surface area contributed by atoms with Crippen molar-refractivity contribution in [2.75, 3.05) is 5.73 Å². The molecule has 0 unspecified atom stereocenters. The van der Waals surface area contributed by atoms with Gasteiger partial charge in [0, 0.05) is 11.8 Å². The Hall–Kier alpha value is -2.69. The van der Waals surface area contributed by atoms with Crippen LogP contribution in [0.5, 0.6) is 0 Å². The maximum atomic E-state index is 5.77. The molecule has 0 amide bonds. The first-order chi connectivity index (χ1) is 8.84. The van der Waals surface area contributed by atoms with E-state index in [2.05, 4.69) is 15.1 Å². The molecule has 0 saturated heterocycles. The van der Waals surface area contributed by atoms with Crippen LogP contribution >= 0.6 is 0 Å². The third kappa shape index (κ3) is 1.82. The fourth-order valence-corrected chi connectivity index (χ4v) is 1.64. The Morgan fingerprint density at radius 2 is 1.83 bits per heavy atom. The average molecular weight is 238 g/mol. The van der Waals surface area contributed by atoms with Crippen molar-refractivity contribution in [3.8, 4) is 22.8 Å². The molecule has 0 atom stereocenters. The van der Waals surface area contributed by atoms with Gasteiger partial charge in [0.15, 0.2) is 0 Å². The van der Waals surface area contributed by atoms with Crippen LogP contribution < -0.4 is 5.73 Å². The van der Waals surface area contributed by atoms with Crippen LogP contribution in [-0.4, -0.2) is 15.1 Å². The van der Waals surface area contributed by atoms with E-state index in [1.807, 2.05) is 36.4 Å². The van der Waals surface area contributed by atoms with Gasteiger partial charge in [-0.05, 0) is 24.3 Å². The molecule has 0 fully saturated rings. The van der Waals surface area contributed by atoms with E-state index in [1.54, 1.807) is 12.3 Å². The largest absolute Gasteiger partial charge is 0.383 e. The lowest BCUT2D eigenvalue weighted by Crippen LogP contribution is -1.93. The molecule has 88 valence electrons. The van der Waals surface area contributed by atoms with Crippen molar-refractivity contribution in [1.82, 2.24) is 15.1 Å². The Kier molecular flexibility index (Phi) is 2.49. The number of nitrogen functional groups attached to an aromatic ring is 1. The van der Waals surface area contributed by atoms with E-state index < -0.39 is 0 Å². The zero-order valence-corrected chi connectivity index (χ0v) is 9.45. The molecule has 2 N–H and O–H groups in total. The van der Waals surface area contributed by atoms with E-state index >= 15 is 0 Å². The van der Waals surface area contributed by atoms with Crippen molar-refractivity contribution in [2.45, 2.75) is 0 Å². The summed E-state index contributed by atoms with van der Waals surface area (Å²) in [6, 6.07) is 13.2. The monoisotopic (exact) mass is 238 g/mol. The van der Waals surface area contributed by atoms with E-state index in [9.17, 15) is 0 Å². The van der Waals surface area contributed by atoms with Crippen LogP contribution in [0.25, 0.3) is 22.8 Å². The highest BCUT2D eigenvalue weighted by molar-refractivity contribution is 5.68. The minimum Gasteiger partial charge on any atom is -0.383 e. The Morgan fingerprint density at radius 1 is 1.00 bits per heavy atom. The summed E-state index contributed by atoms with van der Waals surface area (Å²) in [4.78, 5) is 8.31. The highest BCUT2D eigenvalue weighted by Gasteiger charge is 2.12. The van der Waals surface area contributed by atoms with Crippen LogP contribution in [-0.2, 0) is 0 Å². The fourth-order valence-electron chi connectivity index (χ4n) is 1.64. The number of hydrogen-bond acceptors (Lipinski definition) is 5. The van der Waals surface area contributed by atoms with Crippen LogP contribution in [0.4, 0.5) is 5.82 Å². The number of nitrogens with two attached hydrogens (primary N) is 1. The molecule has 0 aliphatic heterocycles. The van der Waals surface area contributed by atoms with Crippen molar-refractivity contribution in [3.63, 3.8) is 0 Å². The Balaban J connectivity index is 2.03. The summed E-state index contributed by atoms with van der Waals surface area (Å²) >= 11 is 0. The fraction of sp³-hybridized carbons (Fsp3) is 0. The van der Waals surface area contributed by atoms with Gasteiger partial charge in [-0.1, -0.05) is 23.4 Å². The molecular weight excluding hydrogens is 228 g/mol. The van der Waals surface area contributed by atoms with Crippen molar-refractivity contribution < 1.29 is 4.52 Å². The average Bonchev–Trinajstić information content (AvgIpc) is 2.90. The molecule has 2 heterocycles. The number of rotatable bonds is 2. The third-order valence-electron chi connectivity index (χ3n) is 2.53. The first kappa shape index (κ1) is 10.5. The van der Waals surface area contributed by atoms with Crippen molar-refractivity contribution >= 4 is 5.82 Å². The highest BCUT2D eigenvalue weighted by Crippen LogP contribution is 2.24. The van der Waals surface area contributed by atoms with Gasteiger partial charge in [0.05, 0.1) is 5.56 Å². The predicted octanol–water partition coefficient (Wildman–Crippen LogP) is 2.38. The zero-order chi connectivity index (χ0) is 12.4. The van der Waals surface area contributed by atoms with Gasteiger partial charge in [-0.2, -0.15) is 4.98 Å². The number of aromatic nitrogens is 3. The standard InChI is InChI=1S/C13H10N4O/c14-11-10(7-4-8-15-11)12-16-13(18-17-12)9-5-2-1-3-6-9/h1-8H,(H2,14,15). The van der Waals surface area contributed by atoms with Crippen LogP contribution in [0.2, 0.25) is 0 Å². The Labute approximate surface area is 103 Å². The number of benzene rings is 1. The molecule has 0 bridgehead atoms. The second-order valence-electron chi connectivity index (χ2n) is 3.73. The number of pyridine rings is 1. The molecule has 3 rings (SSSR count). The third-order valence-corrected chi connectivity index (χ3v) is 2.53. The van der Waals surface area contributed by atoms with Crippen LogP contribution in [0, 0.1) is 0 Å². The normalized spacial score (nSPS) is 10.4. The summed E-state index contributed by atoms with van der Waals surface area (Å²) in [5.41, 5.74) is 7.31. The van der Waals surface area contributed by atoms with Gasteiger partial charge in [0.25, 0.3) is 5.89 Å². The summed E-state index contributed by atoms with van der Waals surface area (Å²) in [5, 5.41) is 3.92. The lowest BCUT2D eigenvalue weighted by molar-refractivity contribution is 0.432. The molecule has 0 saturated carbocycles. The number of anilines is 1. The van der Waals surface area contributed by atoms with Gasteiger partial charge in [-0.15, -0.1) is 0 Å². The number of nitrogens with zero attached hydrogens (tertiary/aromatic N) is 3. The minimum absolute atomic E-state index is 0.387. The van der Waals surface area contributed by atoms with Gasteiger partial charge in [-0.3, -0.25) is 0 Å². The van der Waals surface area contributed by atoms with Gasteiger partial charge in [0.2, 0.25) is 5.82 Å². The molecule has 0 radical (unpaired) electrons. The molecule has 0 aliphatic carbocycles. The maximum absolute atomic E-state index is 5.77. The second kappa shape index (κ2) is 4.29. The topological polar surface area (TPSA) is 77.8 Å². The highest BCUT2D eigenvalue weighted by atomic mass is 16.5. The molecule has 2 aromatic heterocycles. The summed E-state index contributed by atoms with van der Waals surface area (Å²) in [7, 11) is 0. The van der Waals surface area contributed by atoms with Crippen LogP contribution in [0.3, 0.4) is 0 Å². The van der Waals surface area contributed by atoms with E-state index in [-0.39, 0.29) is 0 Å². The lowest BCUT2D eigenvalue weighted by Gasteiger charge is -1.96. The molecule has 5 nitrogen and oxygen atoms in total. The first-order valence-electron chi connectivity index (χ1n) is 5.44. The Bertz CT molecular complexity index is 664. The van der Waals surface area contributed by atoms with Crippen molar-refractivity contribution in [1.29, 1.82) is 0 Å². The molecule has 18 heavy (non-hydrogen) atoms. The molecule has 5 heteroatoms. The van der Waals surface area contributed by atoms with Gasteiger partial charge in [0.1, 0.15) is 5.82 Å². The van der Waals surface area contributed by atoms with E-state index in [4.69, 9.17) is 10.3 Å². The van der Waals surface area contributed by atoms with Crippen molar-refractivity contribution in [3.05, 3.63) is 48.7 Å². The van der Waals surface area contributed by atoms with Crippen LogP contribution in [0.15, 0.2) is 53.2 Å². The summed E-state index contributed by atoms with van der Waals surface area (Å²) in [5.74, 6) is 1.30. The van der Waals surface area contributed by atoms with E-state index in [0.717, 1.165) is 5.56 Å². The molecule has 0 aliphatic rings. The van der Waals surface area contributed by atoms with Crippen LogP contribution in [0.1, 0.15) is 0 Å². The first-order valence-corrected chi connectivity index (χ1v) is 5.44. The molecular formula is C13H10N4O. The smallest absolute Gasteiger partial charge is 0.258 e. The lowest BCUT2D eigenvalue weighted by atomic mass is 10.2. The quantitative estimate of drug-likeness (QED) is 0.741. The van der Waals surface area contributed by atoms with Gasteiger partial charge < -0.3 is 10.3 Å². The zero-order valence-electron chi connectivity index (χ0n) is 9.45. The van der Waals surface area contributed by atoms with E-state index in [0.29, 0.717) is 23.1 Å². The van der Waals surface area contributed by atoms with Gasteiger partial charge in [-0.25, -0.2) is 4.98 Å². The predicted molar refractivity (Wildman–Crippen MR) is 67.4 cm³/mol. The molecule has 3 aromatic rings. The molecule has 1 aromatic carbocycles. The summed E-state index contributed by atoms with van der Waals surface area (Å²) < 4.78 is 5.22. The molecule has 0 spiro atoms. The number of hydrogen-bond donors (Lipinski definition) is 1.